The molecule has 5 atom stereocenters. The summed E-state index contributed by atoms with van der Waals surface area (Å²) in [6, 6.07) is 3.79. The van der Waals surface area contributed by atoms with Crippen molar-refractivity contribution in [2.75, 3.05) is 19.8 Å². The van der Waals surface area contributed by atoms with Gasteiger partial charge in [-0.25, -0.2) is 0 Å². The predicted molar refractivity (Wildman–Crippen MR) is 82.8 cm³/mol. The molecule has 2 aliphatic heterocycles. The lowest BCUT2D eigenvalue weighted by Gasteiger charge is -2.18. The summed E-state index contributed by atoms with van der Waals surface area (Å²) < 4.78 is 22.1. The Balaban J connectivity index is 1.58. The van der Waals surface area contributed by atoms with Gasteiger partial charge in [0.05, 0.1) is 30.9 Å². The van der Waals surface area contributed by atoms with Crippen molar-refractivity contribution in [2.45, 2.75) is 38.1 Å². The minimum absolute atomic E-state index is 0.0287. The van der Waals surface area contributed by atoms with Gasteiger partial charge >= 0.3 is 5.97 Å². The Morgan fingerprint density at radius 3 is 2.96 bits per heavy atom. The number of hydrogen-bond acceptors (Lipinski definition) is 5. The maximum absolute atomic E-state index is 12.0. The first-order chi connectivity index (χ1) is 11.1. The van der Waals surface area contributed by atoms with E-state index in [1.165, 1.54) is 0 Å². The van der Waals surface area contributed by atoms with Gasteiger partial charge in [0.15, 0.2) is 0 Å². The molecule has 23 heavy (non-hydrogen) atoms. The Bertz CT molecular complexity index is 642. The topological polar surface area (TPSA) is 57.3 Å². The van der Waals surface area contributed by atoms with Crippen molar-refractivity contribution in [1.29, 1.82) is 0 Å². The average molecular weight is 339 g/mol. The third-order valence-corrected chi connectivity index (χ3v) is 4.95. The molecule has 5 nitrogen and oxygen atoms in total. The minimum atomic E-state index is -0.223. The molecule has 4 rings (SSSR count). The lowest BCUT2D eigenvalue weighted by Crippen LogP contribution is -2.14. The van der Waals surface area contributed by atoms with Gasteiger partial charge in [0.2, 0.25) is 0 Å². The van der Waals surface area contributed by atoms with Gasteiger partial charge in [0.1, 0.15) is 23.9 Å². The summed E-state index contributed by atoms with van der Waals surface area (Å²) >= 11 is 6.26. The van der Waals surface area contributed by atoms with Gasteiger partial charge in [-0.1, -0.05) is 17.7 Å². The highest BCUT2D eigenvalue weighted by atomic mass is 35.5. The number of carbonyl (C=O) groups is 1. The fourth-order valence-corrected chi connectivity index (χ4v) is 3.55. The van der Waals surface area contributed by atoms with Crippen LogP contribution >= 0.6 is 11.6 Å². The van der Waals surface area contributed by atoms with Crippen molar-refractivity contribution >= 4 is 17.6 Å². The van der Waals surface area contributed by atoms with Gasteiger partial charge in [-0.2, -0.15) is 0 Å². The second kappa shape index (κ2) is 5.65. The zero-order valence-electron chi connectivity index (χ0n) is 13.1. The molecule has 6 heteroatoms. The molecule has 0 spiro atoms. The van der Waals surface area contributed by atoms with Crippen molar-refractivity contribution in [3.8, 4) is 5.75 Å². The largest absolute Gasteiger partial charge is 0.487 e. The van der Waals surface area contributed by atoms with Crippen molar-refractivity contribution < 1.29 is 23.7 Å². The zero-order valence-corrected chi connectivity index (χ0v) is 13.8. The van der Waals surface area contributed by atoms with Crippen LogP contribution in [0.25, 0.3) is 0 Å². The third-order valence-electron chi connectivity index (χ3n) is 4.65. The number of halogens is 1. The molecule has 2 fully saturated rings. The minimum Gasteiger partial charge on any atom is -0.487 e. The SMILES string of the molecule is CCOC(=O)C1C2Oc3c(Cl)ccc([C@@H](C)OC[C@H]4CO4)c3C21. The van der Waals surface area contributed by atoms with Gasteiger partial charge in [0.25, 0.3) is 0 Å². The molecular weight excluding hydrogens is 320 g/mol. The molecule has 2 heterocycles. The number of rotatable bonds is 6. The Morgan fingerprint density at radius 1 is 1.48 bits per heavy atom. The third kappa shape index (κ3) is 2.61. The van der Waals surface area contributed by atoms with Crippen molar-refractivity contribution in [3.63, 3.8) is 0 Å². The lowest BCUT2D eigenvalue weighted by molar-refractivity contribution is -0.145. The summed E-state index contributed by atoms with van der Waals surface area (Å²) in [4.78, 5) is 12.0. The number of carbonyl (C=O) groups excluding carboxylic acids is 1. The molecule has 0 amide bonds. The van der Waals surface area contributed by atoms with E-state index < -0.39 is 0 Å². The number of hydrogen-bond donors (Lipinski definition) is 0. The van der Waals surface area contributed by atoms with Crippen LogP contribution in [0.2, 0.25) is 5.02 Å². The smallest absolute Gasteiger partial charge is 0.313 e. The number of ether oxygens (including phenoxy) is 4. The van der Waals surface area contributed by atoms with Gasteiger partial charge < -0.3 is 18.9 Å². The molecule has 3 unspecified atom stereocenters. The first-order valence-electron chi connectivity index (χ1n) is 8.00. The zero-order chi connectivity index (χ0) is 16.1. The second-order valence-corrected chi connectivity index (χ2v) is 6.60. The highest BCUT2D eigenvalue weighted by Gasteiger charge is 2.64. The van der Waals surface area contributed by atoms with Gasteiger partial charge in [-0.05, 0) is 25.5 Å². The van der Waals surface area contributed by atoms with Crippen LogP contribution in [0.3, 0.4) is 0 Å². The van der Waals surface area contributed by atoms with Crippen LogP contribution < -0.4 is 4.74 Å². The van der Waals surface area contributed by atoms with Crippen LogP contribution in [-0.2, 0) is 19.0 Å². The van der Waals surface area contributed by atoms with Crippen molar-refractivity contribution in [3.05, 3.63) is 28.3 Å². The fraction of sp³-hybridized carbons (Fsp3) is 0.588. The van der Waals surface area contributed by atoms with Gasteiger partial charge in [0, 0.05) is 11.5 Å². The van der Waals surface area contributed by atoms with Gasteiger partial charge in [-0.3, -0.25) is 4.79 Å². The van der Waals surface area contributed by atoms with Crippen LogP contribution in [0, 0.1) is 5.92 Å². The quantitative estimate of drug-likeness (QED) is 0.589. The van der Waals surface area contributed by atoms with E-state index in [0.29, 0.717) is 24.0 Å². The van der Waals surface area contributed by atoms with Gasteiger partial charge in [-0.15, -0.1) is 0 Å². The average Bonchev–Trinajstić information content (AvgIpc) is 3.44. The Labute approximate surface area is 139 Å². The highest BCUT2D eigenvalue weighted by molar-refractivity contribution is 6.32. The molecule has 124 valence electrons. The summed E-state index contributed by atoms with van der Waals surface area (Å²) in [6.45, 7) is 5.54. The molecule has 1 aliphatic carbocycles. The van der Waals surface area contributed by atoms with Crippen LogP contribution in [-0.4, -0.2) is 38.0 Å². The number of esters is 1. The van der Waals surface area contributed by atoms with E-state index in [2.05, 4.69) is 0 Å². The maximum Gasteiger partial charge on any atom is 0.313 e. The van der Waals surface area contributed by atoms with E-state index in [-0.39, 0.29) is 36.1 Å². The van der Waals surface area contributed by atoms with Crippen LogP contribution in [0.15, 0.2) is 12.1 Å². The van der Waals surface area contributed by atoms with Crippen molar-refractivity contribution in [2.24, 2.45) is 5.92 Å². The first kappa shape index (κ1) is 15.2. The van der Waals surface area contributed by atoms with E-state index in [9.17, 15) is 4.79 Å². The maximum atomic E-state index is 12.0. The first-order valence-corrected chi connectivity index (χ1v) is 8.38. The lowest BCUT2D eigenvalue weighted by atomic mass is 9.97. The molecule has 1 aromatic rings. The highest BCUT2D eigenvalue weighted by Crippen LogP contribution is 2.62. The molecule has 0 N–H and O–H groups in total. The molecule has 1 aromatic carbocycles. The summed E-state index contributed by atoms with van der Waals surface area (Å²) in [5.41, 5.74) is 2.04. The molecule has 0 radical (unpaired) electrons. The molecular formula is C17H19ClO5. The Hall–Kier alpha value is -1.30. The van der Waals surface area contributed by atoms with E-state index in [1.54, 1.807) is 0 Å². The summed E-state index contributed by atoms with van der Waals surface area (Å²) in [5.74, 6) is 0.302. The Morgan fingerprint density at radius 2 is 2.26 bits per heavy atom. The Kier molecular flexibility index (Phi) is 3.75. The summed E-state index contributed by atoms with van der Waals surface area (Å²) in [6.07, 6.45) is -0.0346. The number of benzene rings is 1. The molecule has 1 saturated carbocycles. The normalized spacial score (nSPS) is 30.9. The van der Waals surface area contributed by atoms with E-state index >= 15 is 0 Å². The monoisotopic (exact) mass is 338 g/mol. The summed E-state index contributed by atoms with van der Waals surface area (Å²) in [7, 11) is 0. The molecule has 0 aromatic heterocycles. The molecule has 0 bridgehead atoms. The number of epoxide rings is 1. The van der Waals surface area contributed by atoms with E-state index in [4.69, 9.17) is 30.5 Å². The standard InChI is InChI=1S/C17H19ClO5/c1-3-20-17(19)14-13-12-10(8(2)21-6-9-7-22-9)4-5-11(18)15(12)23-16(13)14/h4-5,8-9,13-14,16H,3,6-7H2,1-2H3/t8-,9+,13?,14?,16?/m1/s1. The predicted octanol–water partition coefficient (Wildman–Crippen LogP) is 2.85. The molecule has 1 saturated heterocycles. The van der Waals surface area contributed by atoms with E-state index in [0.717, 1.165) is 17.7 Å². The van der Waals surface area contributed by atoms with Crippen LogP contribution in [0.1, 0.15) is 37.0 Å². The van der Waals surface area contributed by atoms with Crippen molar-refractivity contribution in [1.82, 2.24) is 0 Å². The second-order valence-electron chi connectivity index (χ2n) is 6.20. The van der Waals surface area contributed by atoms with Crippen LogP contribution in [0.5, 0.6) is 5.75 Å². The van der Waals surface area contributed by atoms with E-state index in [1.807, 2.05) is 26.0 Å². The number of fused-ring (bicyclic) bond motifs is 3. The molecule has 3 aliphatic rings. The fourth-order valence-electron chi connectivity index (χ4n) is 3.34. The van der Waals surface area contributed by atoms with Crippen LogP contribution in [0.4, 0.5) is 0 Å². The summed E-state index contributed by atoms with van der Waals surface area (Å²) in [5, 5.41) is 0.580.